The average Bonchev–Trinajstić information content (AvgIpc) is 3.23. The molecule has 37 heavy (non-hydrogen) atoms. The molecule has 3 heterocycles. The van der Waals surface area contributed by atoms with Crippen LogP contribution in [0.4, 0.5) is 8.78 Å². The van der Waals surface area contributed by atoms with Gasteiger partial charge >= 0.3 is 0 Å². The van der Waals surface area contributed by atoms with Gasteiger partial charge in [-0.05, 0) is 43.7 Å². The van der Waals surface area contributed by atoms with Crippen molar-refractivity contribution in [1.82, 2.24) is 19.8 Å². The van der Waals surface area contributed by atoms with E-state index in [4.69, 9.17) is 0 Å². The lowest BCUT2D eigenvalue weighted by Crippen LogP contribution is -2.69. The summed E-state index contributed by atoms with van der Waals surface area (Å²) < 4.78 is 29.0. The second-order valence-electron chi connectivity index (χ2n) is 9.94. The standard InChI is InChI=1S/C26H29F2N5O3S/c1-4-32-25(36)21-23(35)22(34)18(14-33(21)31(3)26(32)10-6-5-7-15(2)13-26)24-30-29-20(37-24)11-16-8-9-17(27)12-19(16)28/h8-9,12,14-15,35H,4-7,10-11,13H2,1-3H3. The fourth-order valence-corrected chi connectivity index (χ4v) is 6.64. The van der Waals surface area contributed by atoms with Crippen LogP contribution in [0, 0.1) is 17.6 Å². The predicted molar refractivity (Wildman–Crippen MR) is 136 cm³/mol. The summed E-state index contributed by atoms with van der Waals surface area (Å²) in [5.74, 6) is -1.96. The Bertz CT molecular complexity index is 1420. The van der Waals surface area contributed by atoms with Gasteiger partial charge in [-0.1, -0.05) is 37.2 Å². The quantitative estimate of drug-likeness (QED) is 0.543. The number of rotatable bonds is 4. The molecule has 1 spiro atoms. The van der Waals surface area contributed by atoms with Gasteiger partial charge in [-0.25, -0.2) is 8.78 Å². The molecule has 1 aromatic carbocycles. The third-order valence-electron chi connectivity index (χ3n) is 7.61. The summed E-state index contributed by atoms with van der Waals surface area (Å²) in [6.07, 6.45) is 6.30. The van der Waals surface area contributed by atoms with Crippen LogP contribution in [0.15, 0.2) is 29.2 Å². The van der Waals surface area contributed by atoms with Crippen molar-refractivity contribution in [3.63, 3.8) is 0 Å². The zero-order chi connectivity index (χ0) is 26.5. The van der Waals surface area contributed by atoms with E-state index in [-0.39, 0.29) is 34.2 Å². The molecule has 8 nitrogen and oxygen atoms in total. The first-order valence-corrected chi connectivity index (χ1v) is 13.3. The molecule has 1 saturated carbocycles. The van der Waals surface area contributed by atoms with Crippen LogP contribution in [0.5, 0.6) is 5.75 Å². The largest absolute Gasteiger partial charge is 0.502 e. The van der Waals surface area contributed by atoms with E-state index in [1.807, 2.05) is 19.0 Å². The van der Waals surface area contributed by atoms with E-state index in [2.05, 4.69) is 17.1 Å². The van der Waals surface area contributed by atoms with Crippen LogP contribution in [-0.2, 0) is 6.42 Å². The number of nitrogens with zero attached hydrogens (tertiary/aromatic N) is 5. The van der Waals surface area contributed by atoms with Gasteiger partial charge in [-0.15, -0.1) is 10.2 Å². The molecule has 0 saturated heterocycles. The lowest BCUT2D eigenvalue weighted by Gasteiger charge is -2.54. The Balaban J connectivity index is 1.58. The average molecular weight is 530 g/mol. The summed E-state index contributed by atoms with van der Waals surface area (Å²) in [6.45, 7) is 4.55. The fourth-order valence-electron chi connectivity index (χ4n) is 5.77. The molecule has 3 aromatic rings. The molecule has 2 aromatic heterocycles. The number of hydrogen-bond donors (Lipinski definition) is 1. The Morgan fingerprint density at radius 1 is 1.22 bits per heavy atom. The van der Waals surface area contributed by atoms with Crippen molar-refractivity contribution in [2.24, 2.45) is 5.92 Å². The molecule has 2 aliphatic rings. The van der Waals surface area contributed by atoms with Crippen molar-refractivity contribution in [3.05, 3.63) is 62.5 Å². The Morgan fingerprint density at radius 2 is 2.00 bits per heavy atom. The number of carbonyl (C=O) groups excluding carboxylic acids is 1. The highest BCUT2D eigenvalue weighted by Gasteiger charge is 2.50. The van der Waals surface area contributed by atoms with Gasteiger partial charge in [0.15, 0.2) is 16.5 Å². The predicted octanol–water partition coefficient (Wildman–Crippen LogP) is 4.28. The van der Waals surface area contributed by atoms with E-state index >= 15 is 0 Å². The summed E-state index contributed by atoms with van der Waals surface area (Å²) in [7, 11) is 1.88. The minimum atomic E-state index is -0.718. The first-order chi connectivity index (χ1) is 17.7. The molecule has 2 atom stereocenters. The first-order valence-electron chi connectivity index (χ1n) is 12.5. The molecule has 1 aliphatic carbocycles. The minimum Gasteiger partial charge on any atom is -0.502 e. The van der Waals surface area contributed by atoms with E-state index in [0.717, 1.165) is 49.5 Å². The number of aromatic hydroxyl groups is 1. The van der Waals surface area contributed by atoms with Gasteiger partial charge in [-0.2, -0.15) is 0 Å². The topological polar surface area (TPSA) is 91.6 Å². The van der Waals surface area contributed by atoms with Gasteiger partial charge < -0.3 is 10.0 Å². The van der Waals surface area contributed by atoms with Crippen molar-refractivity contribution in [2.75, 3.05) is 18.6 Å². The van der Waals surface area contributed by atoms with Crippen molar-refractivity contribution >= 4 is 17.2 Å². The molecule has 1 N–H and O–H groups in total. The molecule has 5 rings (SSSR count). The lowest BCUT2D eigenvalue weighted by molar-refractivity contribution is 0.0198. The van der Waals surface area contributed by atoms with Crippen LogP contribution < -0.4 is 10.4 Å². The van der Waals surface area contributed by atoms with Crippen molar-refractivity contribution < 1.29 is 18.7 Å². The van der Waals surface area contributed by atoms with Gasteiger partial charge in [0.05, 0.1) is 5.56 Å². The Hall–Kier alpha value is -3.34. The molecular weight excluding hydrogens is 500 g/mol. The van der Waals surface area contributed by atoms with E-state index in [0.29, 0.717) is 17.5 Å². The maximum Gasteiger partial charge on any atom is 0.278 e. The third kappa shape index (κ3) is 4.18. The number of fused-ring (bicyclic) bond motifs is 1. The number of hydrogen-bond acceptors (Lipinski definition) is 7. The van der Waals surface area contributed by atoms with Crippen molar-refractivity contribution in [2.45, 2.75) is 58.0 Å². The minimum absolute atomic E-state index is 0.0706. The van der Waals surface area contributed by atoms with Crippen molar-refractivity contribution in [1.29, 1.82) is 0 Å². The zero-order valence-corrected chi connectivity index (χ0v) is 21.8. The molecular formula is C26H29F2N5O3S. The van der Waals surface area contributed by atoms with Gasteiger partial charge in [-0.3, -0.25) is 19.3 Å². The number of carbonyl (C=O) groups is 1. The van der Waals surface area contributed by atoms with Gasteiger partial charge in [0, 0.05) is 32.3 Å². The van der Waals surface area contributed by atoms with E-state index in [1.54, 1.807) is 15.8 Å². The summed E-state index contributed by atoms with van der Waals surface area (Å²) in [5.41, 5.74) is -1.02. The van der Waals surface area contributed by atoms with E-state index in [1.165, 1.54) is 12.1 Å². The summed E-state index contributed by atoms with van der Waals surface area (Å²) in [5, 5.41) is 21.8. The van der Waals surface area contributed by atoms with Gasteiger partial charge in [0.2, 0.25) is 5.43 Å². The Labute approximate surface area is 217 Å². The van der Waals surface area contributed by atoms with E-state index < -0.39 is 28.5 Å². The van der Waals surface area contributed by atoms with Gasteiger partial charge in [0.25, 0.3) is 5.91 Å². The number of pyridine rings is 1. The van der Waals surface area contributed by atoms with Crippen LogP contribution in [0.3, 0.4) is 0 Å². The number of benzene rings is 1. The smallest absolute Gasteiger partial charge is 0.278 e. The molecule has 11 heteroatoms. The SMILES string of the molecule is CCN1C(=O)c2c(O)c(=O)c(-c3nnc(Cc4ccc(F)cc4F)s3)cn2N(C)C12CCCCC(C)C2. The molecule has 0 radical (unpaired) electrons. The van der Waals surface area contributed by atoms with E-state index in [9.17, 15) is 23.5 Å². The number of amides is 1. The van der Waals surface area contributed by atoms with Crippen LogP contribution in [-0.4, -0.2) is 50.0 Å². The number of halogens is 2. The summed E-state index contributed by atoms with van der Waals surface area (Å²) >= 11 is 1.08. The van der Waals surface area contributed by atoms with Crippen LogP contribution in [0.2, 0.25) is 0 Å². The Kier molecular flexibility index (Phi) is 6.51. The summed E-state index contributed by atoms with van der Waals surface area (Å²) in [6, 6.07) is 3.32. The first kappa shape index (κ1) is 25.3. The second kappa shape index (κ2) is 9.51. The zero-order valence-electron chi connectivity index (χ0n) is 21.0. The monoisotopic (exact) mass is 529 g/mol. The van der Waals surface area contributed by atoms with Crippen molar-refractivity contribution in [3.8, 4) is 16.3 Å². The Morgan fingerprint density at radius 3 is 2.73 bits per heavy atom. The highest BCUT2D eigenvalue weighted by molar-refractivity contribution is 7.14. The lowest BCUT2D eigenvalue weighted by atomic mass is 9.90. The molecule has 0 bridgehead atoms. The van der Waals surface area contributed by atoms with Gasteiger partial charge in [0.1, 0.15) is 22.3 Å². The third-order valence-corrected chi connectivity index (χ3v) is 8.57. The highest BCUT2D eigenvalue weighted by atomic mass is 32.1. The summed E-state index contributed by atoms with van der Waals surface area (Å²) in [4.78, 5) is 28.6. The molecule has 2 unspecified atom stereocenters. The van der Waals surface area contributed by atoms with Crippen LogP contribution in [0.1, 0.15) is 67.0 Å². The molecule has 1 aliphatic heterocycles. The maximum atomic E-state index is 14.1. The molecule has 1 fully saturated rings. The normalized spacial score (nSPS) is 21.9. The molecule has 1 amide bonds. The highest BCUT2D eigenvalue weighted by Crippen LogP contribution is 2.41. The van der Waals surface area contributed by atoms with Crippen LogP contribution >= 0.6 is 11.3 Å². The fraction of sp³-hybridized carbons (Fsp3) is 0.462. The van der Waals surface area contributed by atoms with Crippen LogP contribution in [0.25, 0.3) is 10.6 Å². The maximum absolute atomic E-state index is 14.1. The molecule has 196 valence electrons. The number of aromatic nitrogens is 3. The second-order valence-corrected chi connectivity index (χ2v) is 11.0.